The molecule has 3 atom stereocenters. The molecule has 2 saturated heterocycles. The predicted molar refractivity (Wildman–Crippen MR) is 65.3 cm³/mol. The highest BCUT2D eigenvalue weighted by Crippen LogP contribution is 2.34. The fraction of sp³-hybridized carbons (Fsp3) is 0.727. The molecule has 0 radical (unpaired) electrons. The molecule has 4 nitrogen and oxygen atoms in total. The lowest BCUT2D eigenvalue weighted by molar-refractivity contribution is -0.137. The average molecular weight is 242 g/mol. The Bertz CT molecular complexity index is 296. The van der Waals surface area contributed by atoms with Crippen molar-refractivity contribution in [1.29, 1.82) is 0 Å². The number of carboxylic acids is 1. The van der Waals surface area contributed by atoms with E-state index in [1.165, 1.54) is 0 Å². The third-order valence-electron chi connectivity index (χ3n) is 3.15. The molecule has 16 heavy (non-hydrogen) atoms. The molecular formula is C11H18N2O2S. The molecule has 3 N–H and O–H groups in total. The minimum Gasteiger partial charge on any atom is -0.481 e. The lowest BCUT2D eigenvalue weighted by Gasteiger charge is -2.16. The van der Waals surface area contributed by atoms with Gasteiger partial charge in [0.15, 0.2) is 0 Å². The van der Waals surface area contributed by atoms with Crippen LogP contribution in [0.15, 0.2) is 12.4 Å². The molecule has 5 heteroatoms. The molecule has 0 aromatic heterocycles. The molecule has 2 aliphatic rings. The number of carbonyl (C=O) groups is 1. The number of fused-ring (bicyclic) bond motifs is 1. The van der Waals surface area contributed by atoms with Gasteiger partial charge in [0, 0.05) is 17.4 Å². The van der Waals surface area contributed by atoms with Crippen LogP contribution in [-0.2, 0) is 4.79 Å². The Labute approximate surface area is 99.9 Å². The number of rotatable bonds is 5. The van der Waals surface area contributed by atoms with Gasteiger partial charge in [0.25, 0.3) is 0 Å². The van der Waals surface area contributed by atoms with Crippen LogP contribution >= 0.6 is 11.8 Å². The summed E-state index contributed by atoms with van der Waals surface area (Å²) in [5.41, 5.74) is 0. The van der Waals surface area contributed by atoms with E-state index < -0.39 is 5.97 Å². The van der Waals surface area contributed by atoms with E-state index in [9.17, 15) is 4.79 Å². The summed E-state index contributed by atoms with van der Waals surface area (Å²) in [7, 11) is 0. The van der Waals surface area contributed by atoms with Crippen LogP contribution in [0.4, 0.5) is 0 Å². The van der Waals surface area contributed by atoms with Gasteiger partial charge in [0.1, 0.15) is 0 Å². The number of hydrogen-bond donors (Lipinski definition) is 3. The SMILES string of the molecule is C=C1N[C@H]2[C@H](CS[C@H]2CCCCC(=O)O)N1. The van der Waals surface area contributed by atoms with Gasteiger partial charge in [0.2, 0.25) is 0 Å². The molecule has 0 amide bonds. The zero-order chi connectivity index (χ0) is 11.5. The second-order valence-corrected chi connectivity index (χ2v) is 5.68. The van der Waals surface area contributed by atoms with E-state index in [4.69, 9.17) is 5.11 Å². The first-order valence-corrected chi connectivity index (χ1v) is 6.77. The predicted octanol–water partition coefficient (Wildman–Crippen LogP) is 1.15. The Balaban J connectivity index is 1.70. The van der Waals surface area contributed by atoms with Crippen LogP contribution in [0.5, 0.6) is 0 Å². The number of thioether (sulfide) groups is 1. The average Bonchev–Trinajstić information content (AvgIpc) is 2.72. The highest BCUT2D eigenvalue weighted by molar-refractivity contribution is 8.00. The Kier molecular flexibility index (Phi) is 3.63. The van der Waals surface area contributed by atoms with Gasteiger partial charge in [-0.3, -0.25) is 4.79 Å². The lowest BCUT2D eigenvalue weighted by Crippen LogP contribution is -2.36. The summed E-state index contributed by atoms with van der Waals surface area (Å²) in [6, 6.07) is 1.00. The van der Waals surface area contributed by atoms with E-state index >= 15 is 0 Å². The molecule has 0 unspecified atom stereocenters. The fourth-order valence-electron chi connectivity index (χ4n) is 2.37. The number of aliphatic carboxylic acids is 1. The highest BCUT2D eigenvalue weighted by Gasteiger charge is 2.40. The van der Waals surface area contributed by atoms with Crippen LogP contribution in [0.25, 0.3) is 0 Å². The Morgan fingerprint density at radius 3 is 3.06 bits per heavy atom. The Hall–Kier alpha value is -0.840. The van der Waals surface area contributed by atoms with E-state index in [2.05, 4.69) is 17.2 Å². The van der Waals surface area contributed by atoms with E-state index in [-0.39, 0.29) is 0 Å². The molecule has 0 aliphatic carbocycles. The van der Waals surface area contributed by atoms with Crippen molar-refractivity contribution in [3.05, 3.63) is 12.4 Å². The number of nitrogens with one attached hydrogen (secondary N) is 2. The maximum absolute atomic E-state index is 10.4. The second-order valence-electron chi connectivity index (χ2n) is 4.41. The van der Waals surface area contributed by atoms with Crippen LogP contribution in [0.1, 0.15) is 25.7 Å². The molecule has 0 spiro atoms. The third-order valence-corrected chi connectivity index (χ3v) is 4.66. The smallest absolute Gasteiger partial charge is 0.303 e. The topological polar surface area (TPSA) is 61.4 Å². The van der Waals surface area contributed by atoms with Gasteiger partial charge in [-0.2, -0.15) is 11.8 Å². The molecule has 0 saturated carbocycles. The lowest BCUT2D eigenvalue weighted by atomic mass is 10.0. The largest absolute Gasteiger partial charge is 0.481 e. The van der Waals surface area contributed by atoms with Gasteiger partial charge in [-0.15, -0.1) is 0 Å². The van der Waals surface area contributed by atoms with E-state index in [1.54, 1.807) is 0 Å². The maximum Gasteiger partial charge on any atom is 0.303 e. The van der Waals surface area contributed by atoms with Gasteiger partial charge in [-0.05, 0) is 12.8 Å². The minimum absolute atomic E-state index is 0.296. The van der Waals surface area contributed by atoms with Crippen molar-refractivity contribution in [1.82, 2.24) is 10.6 Å². The zero-order valence-corrected chi connectivity index (χ0v) is 10.1. The first-order valence-electron chi connectivity index (χ1n) is 5.72. The van der Waals surface area contributed by atoms with Crippen molar-refractivity contribution >= 4 is 17.7 Å². The van der Waals surface area contributed by atoms with E-state index in [1.807, 2.05) is 11.8 Å². The molecule has 2 fully saturated rings. The molecule has 0 aromatic rings. The third kappa shape index (κ3) is 2.64. The second kappa shape index (κ2) is 4.99. The van der Waals surface area contributed by atoms with Crippen molar-refractivity contribution in [3.63, 3.8) is 0 Å². The molecular weight excluding hydrogens is 224 g/mol. The van der Waals surface area contributed by atoms with Crippen molar-refractivity contribution in [2.75, 3.05) is 5.75 Å². The monoisotopic (exact) mass is 242 g/mol. The van der Waals surface area contributed by atoms with Crippen LogP contribution in [-0.4, -0.2) is 34.2 Å². The maximum atomic E-state index is 10.4. The summed E-state index contributed by atoms with van der Waals surface area (Å²) in [5, 5.41) is 15.9. The normalized spacial score (nSPS) is 32.0. The fourth-order valence-corrected chi connectivity index (χ4v) is 3.91. The Morgan fingerprint density at radius 2 is 2.31 bits per heavy atom. The summed E-state index contributed by atoms with van der Waals surface area (Å²) in [6.07, 6.45) is 3.18. The Morgan fingerprint density at radius 1 is 1.50 bits per heavy atom. The first-order chi connectivity index (χ1) is 7.66. The zero-order valence-electron chi connectivity index (χ0n) is 9.24. The van der Waals surface area contributed by atoms with Crippen molar-refractivity contribution in [2.45, 2.75) is 43.0 Å². The van der Waals surface area contributed by atoms with Gasteiger partial charge < -0.3 is 15.7 Å². The van der Waals surface area contributed by atoms with Crippen LogP contribution in [0.3, 0.4) is 0 Å². The van der Waals surface area contributed by atoms with E-state index in [0.29, 0.717) is 23.8 Å². The standard InChI is InChI=1S/C11H18N2O2S/c1-7-12-8-6-16-9(11(8)13-7)4-2-3-5-10(14)15/h8-9,11-13H,1-6H2,(H,14,15)/t8-,9-,11-/m0/s1. The minimum atomic E-state index is -0.689. The van der Waals surface area contributed by atoms with Gasteiger partial charge in [-0.25, -0.2) is 0 Å². The van der Waals surface area contributed by atoms with Gasteiger partial charge in [0.05, 0.1) is 17.9 Å². The highest BCUT2D eigenvalue weighted by atomic mass is 32.2. The van der Waals surface area contributed by atoms with Crippen LogP contribution < -0.4 is 10.6 Å². The summed E-state index contributed by atoms with van der Waals surface area (Å²) >= 11 is 1.98. The summed E-state index contributed by atoms with van der Waals surface area (Å²) in [5.74, 6) is 1.37. The number of hydrogen-bond acceptors (Lipinski definition) is 4. The summed E-state index contributed by atoms with van der Waals surface area (Å²) < 4.78 is 0. The number of carboxylic acid groups (broad SMARTS) is 1. The molecule has 90 valence electrons. The van der Waals surface area contributed by atoms with Crippen LogP contribution in [0, 0.1) is 0 Å². The van der Waals surface area contributed by atoms with E-state index in [0.717, 1.165) is 30.8 Å². The number of unbranched alkanes of at least 4 members (excludes halogenated alkanes) is 1. The van der Waals surface area contributed by atoms with Gasteiger partial charge in [-0.1, -0.05) is 13.0 Å². The van der Waals surface area contributed by atoms with Gasteiger partial charge >= 0.3 is 5.97 Å². The molecule has 2 aliphatic heterocycles. The van der Waals surface area contributed by atoms with Crippen molar-refractivity contribution in [3.8, 4) is 0 Å². The molecule has 2 rings (SSSR count). The molecule has 0 bridgehead atoms. The summed E-state index contributed by atoms with van der Waals surface area (Å²) in [6.45, 7) is 3.88. The van der Waals surface area contributed by atoms with Crippen molar-refractivity contribution < 1.29 is 9.90 Å². The summed E-state index contributed by atoms with van der Waals surface area (Å²) in [4.78, 5) is 10.4. The quantitative estimate of drug-likeness (QED) is 0.631. The molecule has 0 aromatic carbocycles. The first kappa shape index (κ1) is 11.6. The van der Waals surface area contributed by atoms with Crippen LogP contribution in [0.2, 0.25) is 0 Å². The molecule has 2 heterocycles. The van der Waals surface area contributed by atoms with Crippen molar-refractivity contribution in [2.24, 2.45) is 0 Å².